The SMILES string of the molecule is CCOC(=O)[C@]1(N[S@@+]([O-])C(C)(C)C)c2cc(Br)ccc2C[C@@]12C[C@@H](C)[C@H](OC(F)F)[C@@H](C)C2. The number of ether oxygens (including phenoxy) is 2. The number of benzene rings is 1. The lowest BCUT2D eigenvalue weighted by Gasteiger charge is -2.52. The number of alkyl halides is 2. The molecule has 186 valence electrons. The summed E-state index contributed by atoms with van der Waals surface area (Å²) >= 11 is 1.93. The largest absolute Gasteiger partial charge is 0.598 e. The fourth-order valence-corrected chi connectivity index (χ4v) is 7.20. The van der Waals surface area contributed by atoms with Crippen molar-refractivity contribution in [2.75, 3.05) is 6.61 Å². The molecule has 0 saturated heterocycles. The number of rotatable bonds is 6. The van der Waals surface area contributed by atoms with Crippen molar-refractivity contribution in [1.29, 1.82) is 0 Å². The highest BCUT2D eigenvalue weighted by Gasteiger charge is 2.68. The summed E-state index contributed by atoms with van der Waals surface area (Å²) in [6.07, 6.45) is 0.834. The van der Waals surface area contributed by atoms with Crippen molar-refractivity contribution >= 4 is 33.3 Å². The predicted molar refractivity (Wildman–Crippen MR) is 128 cm³/mol. The van der Waals surface area contributed by atoms with Gasteiger partial charge in [-0.05, 0) is 82.1 Å². The van der Waals surface area contributed by atoms with Crippen molar-refractivity contribution in [2.45, 2.75) is 83.8 Å². The van der Waals surface area contributed by atoms with E-state index in [4.69, 9.17) is 9.47 Å². The lowest BCUT2D eigenvalue weighted by molar-refractivity contribution is -0.210. The minimum absolute atomic E-state index is 0.173. The zero-order chi connectivity index (χ0) is 24.8. The van der Waals surface area contributed by atoms with E-state index in [0.29, 0.717) is 19.3 Å². The second-order valence-corrected chi connectivity index (χ2v) is 13.3. The maximum absolute atomic E-state index is 13.9. The molecule has 5 nitrogen and oxygen atoms in total. The average molecular weight is 551 g/mol. The van der Waals surface area contributed by atoms with Crippen molar-refractivity contribution in [1.82, 2.24) is 4.72 Å². The molecule has 0 amide bonds. The molecule has 0 heterocycles. The fraction of sp³-hybridized carbons (Fsp3) is 0.708. The Labute approximate surface area is 206 Å². The van der Waals surface area contributed by atoms with Crippen molar-refractivity contribution in [2.24, 2.45) is 17.3 Å². The maximum atomic E-state index is 13.9. The lowest BCUT2D eigenvalue weighted by atomic mass is 9.56. The van der Waals surface area contributed by atoms with E-state index in [2.05, 4.69) is 20.7 Å². The molecular formula is C24H34BrF2NO4S. The number of halogens is 3. The zero-order valence-electron chi connectivity index (χ0n) is 20.0. The van der Waals surface area contributed by atoms with Crippen LogP contribution in [0.4, 0.5) is 8.78 Å². The van der Waals surface area contributed by atoms with Gasteiger partial charge in [-0.25, -0.2) is 4.79 Å². The third-order valence-electron chi connectivity index (χ3n) is 6.99. The van der Waals surface area contributed by atoms with Gasteiger partial charge in [0, 0.05) is 21.2 Å². The van der Waals surface area contributed by atoms with Gasteiger partial charge in [0.2, 0.25) is 0 Å². The van der Waals surface area contributed by atoms with Crippen LogP contribution >= 0.6 is 15.9 Å². The van der Waals surface area contributed by atoms with Crippen LogP contribution in [0.2, 0.25) is 0 Å². The summed E-state index contributed by atoms with van der Waals surface area (Å²) < 4.78 is 53.8. The highest BCUT2D eigenvalue weighted by molar-refractivity contribution is 9.10. The van der Waals surface area contributed by atoms with E-state index in [-0.39, 0.29) is 18.4 Å². The molecule has 0 bridgehead atoms. The number of carbonyl (C=O) groups excluding carboxylic acids is 1. The van der Waals surface area contributed by atoms with E-state index < -0.39 is 45.7 Å². The van der Waals surface area contributed by atoms with Crippen LogP contribution in [-0.2, 0) is 37.6 Å². The van der Waals surface area contributed by atoms with Crippen LogP contribution < -0.4 is 4.72 Å². The van der Waals surface area contributed by atoms with Crippen molar-refractivity contribution in [3.05, 3.63) is 33.8 Å². The third kappa shape index (κ3) is 4.85. The van der Waals surface area contributed by atoms with E-state index in [0.717, 1.165) is 15.6 Å². The van der Waals surface area contributed by atoms with Crippen molar-refractivity contribution in [3.63, 3.8) is 0 Å². The van der Waals surface area contributed by atoms with E-state index >= 15 is 0 Å². The van der Waals surface area contributed by atoms with Crippen LogP contribution in [0.5, 0.6) is 0 Å². The number of hydrogen-bond donors (Lipinski definition) is 1. The van der Waals surface area contributed by atoms with Crippen LogP contribution in [-0.4, -0.2) is 34.6 Å². The lowest BCUT2D eigenvalue weighted by Crippen LogP contribution is -2.65. The van der Waals surface area contributed by atoms with Gasteiger partial charge in [-0.1, -0.05) is 35.8 Å². The van der Waals surface area contributed by atoms with Gasteiger partial charge in [0.15, 0.2) is 5.54 Å². The number of carbonyl (C=O) groups is 1. The summed E-state index contributed by atoms with van der Waals surface area (Å²) in [5, 5.41) is 0. The molecule has 3 rings (SSSR count). The van der Waals surface area contributed by atoms with Gasteiger partial charge in [-0.3, -0.25) is 0 Å². The molecule has 1 aromatic carbocycles. The van der Waals surface area contributed by atoms with Crippen molar-refractivity contribution < 1.29 is 27.6 Å². The van der Waals surface area contributed by atoms with Crippen molar-refractivity contribution in [3.8, 4) is 0 Å². The highest BCUT2D eigenvalue weighted by Crippen LogP contribution is 2.61. The topological polar surface area (TPSA) is 70.6 Å². The Morgan fingerprint density at radius 3 is 2.42 bits per heavy atom. The second kappa shape index (κ2) is 9.72. The normalized spacial score (nSPS) is 32.8. The average Bonchev–Trinajstić information content (AvgIpc) is 2.93. The molecule has 1 saturated carbocycles. The number of nitrogens with one attached hydrogen (secondary N) is 1. The standard InChI is InChI=1S/C24H34BrF2NO4S/c1-7-31-20(29)24(28-33(30)22(4,5)6)18-10-17(25)9-8-16(18)13-23(24)11-14(2)19(15(3)12-23)32-21(26)27/h8-10,14-15,19,21,28H,7,11-13H2,1-6H3/t14-,15+,19+,23+,24-,33+/m1/s1. The first-order chi connectivity index (χ1) is 15.3. The van der Waals surface area contributed by atoms with Crippen LogP contribution in [0.3, 0.4) is 0 Å². The minimum atomic E-state index is -2.85. The molecule has 1 N–H and O–H groups in total. The number of esters is 1. The summed E-state index contributed by atoms with van der Waals surface area (Å²) in [4.78, 5) is 13.9. The van der Waals surface area contributed by atoms with Crippen LogP contribution in [0.1, 0.15) is 65.5 Å². The predicted octanol–water partition coefficient (Wildman–Crippen LogP) is 5.48. The Hall–Kier alpha value is -0.740. The third-order valence-corrected chi connectivity index (χ3v) is 9.09. The Morgan fingerprint density at radius 1 is 1.30 bits per heavy atom. The van der Waals surface area contributed by atoms with Crippen LogP contribution in [0, 0.1) is 17.3 Å². The molecule has 33 heavy (non-hydrogen) atoms. The molecule has 0 radical (unpaired) electrons. The molecule has 9 heteroatoms. The zero-order valence-corrected chi connectivity index (χ0v) is 22.4. The second-order valence-electron chi connectivity index (χ2n) is 10.4. The summed E-state index contributed by atoms with van der Waals surface area (Å²) in [7, 11) is 0. The maximum Gasteiger partial charge on any atom is 0.345 e. The van der Waals surface area contributed by atoms with Gasteiger partial charge in [0.25, 0.3) is 0 Å². The van der Waals surface area contributed by atoms with Gasteiger partial charge >= 0.3 is 12.6 Å². The van der Waals surface area contributed by atoms with E-state index in [1.165, 1.54) is 0 Å². The molecule has 0 aliphatic heterocycles. The Balaban J connectivity index is 2.20. The Kier molecular flexibility index (Phi) is 7.91. The first-order valence-corrected chi connectivity index (χ1v) is 13.3. The monoisotopic (exact) mass is 549 g/mol. The molecule has 6 atom stereocenters. The Bertz CT molecular complexity index is 869. The summed E-state index contributed by atoms with van der Waals surface area (Å²) in [6.45, 7) is 8.37. The molecule has 2 aliphatic rings. The molecule has 0 aromatic heterocycles. The van der Waals surface area contributed by atoms with Gasteiger partial charge in [-0.15, -0.1) is 4.72 Å². The first kappa shape index (κ1) is 26.9. The quantitative estimate of drug-likeness (QED) is 0.376. The fourth-order valence-electron chi connectivity index (χ4n) is 5.84. The molecular weight excluding hydrogens is 516 g/mol. The summed E-state index contributed by atoms with van der Waals surface area (Å²) in [5.41, 5.74) is -0.374. The van der Waals surface area contributed by atoms with E-state index in [1.807, 2.05) is 52.8 Å². The molecule has 2 aliphatic carbocycles. The molecule has 1 spiro atoms. The smallest absolute Gasteiger partial charge is 0.345 e. The van der Waals surface area contributed by atoms with E-state index in [1.54, 1.807) is 6.92 Å². The molecule has 1 aromatic rings. The van der Waals surface area contributed by atoms with Crippen LogP contribution in [0.15, 0.2) is 22.7 Å². The van der Waals surface area contributed by atoms with Gasteiger partial charge < -0.3 is 14.0 Å². The summed E-state index contributed by atoms with van der Waals surface area (Å²) in [6, 6.07) is 5.79. The highest BCUT2D eigenvalue weighted by atomic mass is 79.9. The number of hydrogen-bond acceptors (Lipinski definition) is 5. The van der Waals surface area contributed by atoms with E-state index in [9.17, 15) is 18.1 Å². The van der Waals surface area contributed by atoms with Crippen LogP contribution in [0.25, 0.3) is 0 Å². The number of fused-ring (bicyclic) bond motifs is 1. The minimum Gasteiger partial charge on any atom is -0.598 e. The molecule has 1 fully saturated rings. The molecule has 0 unspecified atom stereocenters. The van der Waals surface area contributed by atoms with Gasteiger partial charge in [-0.2, -0.15) is 8.78 Å². The summed E-state index contributed by atoms with van der Waals surface area (Å²) in [5.74, 6) is -0.953. The first-order valence-electron chi connectivity index (χ1n) is 11.4. The van der Waals surface area contributed by atoms with Gasteiger partial charge in [0.1, 0.15) is 4.75 Å². The Morgan fingerprint density at radius 2 is 1.91 bits per heavy atom. The van der Waals surface area contributed by atoms with Gasteiger partial charge in [0.05, 0.1) is 12.7 Å².